The fraction of sp³-hybridized carbons (Fsp3) is 0.875. The number of amidine groups is 1. The summed E-state index contributed by atoms with van der Waals surface area (Å²) in [4.78, 5) is 6.50. The Bertz CT molecular complexity index is 129. The smallest absolute Gasteiger partial charge is 0.0982 e. The number of hydrogen-bond acceptors (Lipinski definition) is 1. The Morgan fingerprint density at radius 2 is 2.10 bits per heavy atom. The molecule has 58 valence electrons. The average molecular weight is 140 g/mol. The average Bonchev–Trinajstić information content (AvgIpc) is 2.13. The summed E-state index contributed by atoms with van der Waals surface area (Å²) in [5, 5.41) is 0. The largest absolute Gasteiger partial charge is 0.363 e. The van der Waals surface area contributed by atoms with Crippen LogP contribution in [0.15, 0.2) is 4.99 Å². The maximum Gasteiger partial charge on any atom is 0.0982 e. The summed E-state index contributed by atoms with van der Waals surface area (Å²) in [6.07, 6.45) is 5.18. The molecule has 0 atom stereocenters. The van der Waals surface area contributed by atoms with Crippen LogP contribution in [0.1, 0.15) is 25.7 Å². The minimum absolute atomic E-state index is 1.17. The van der Waals surface area contributed by atoms with Crippen LogP contribution in [0.3, 0.4) is 0 Å². The van der Waals surface area contributed by atoms with Gasteiger partial charge in [0, 0.05) is 27.1 Å². The first-order valence-corrected chi connectivity index (χ1v) is 4.01. The molecule has 0 N–H and O–H groups in total. The minimum atomic E-state index is 1.17. The summed E-state index contributed by atoms with van der Waals surface area (Å²) in [7, 11) is 4.02. The number of rotatable bonds is 0. The molecule has 2 heteroatoms. The number of nitrogens with zero attached hydrogens (tertiary/aromatic N) is 2. The molecule has 1 aliphatic rings. The van der Waals surface area contributed by atoms with Crippen molar-refractivity contribution in [1.82, 2.24) is 4.90 Å². The molecule has 0 bridgehead atoms. The van der Waals surface area contributed by atoms with Crippen LogP contribution in [0.4, 0.5) is 0 Å². The van der Waals surface area contributed by atoms with E-state index in [9.17, 15) is 0 Å². The Morgan fingerprint density at radius 1 is 1.30 bits per heavy atom. The normalized spacial score (nSPS) is 25.0. The van der Waals surface area contributed by atoms with E-state index in [0.717, 1.165) is 0 Å². The predicted molar refractivity (Wildman–Crippen MR) is 44.5 cm³/mol. The van der Waals surface area contributed by atoms with Crippen LogP contribution in [0.2, 0.25) is 0 Å². The SMILES string of the molecule is C/N=C1/CCCCCN1C. The zero-order valence-corrected chi connectivity index (χ0v) is 6.93. The Morgan fingerprint density at radius 3 is 2.80 bits per heavy atom. The second-order valence-electron chi connectivity index (χ2n) is 2.87. The summed E-state index contributed by atoms with van der Waals surface area (Å²) < 4.78 is 0. The number of hydrogen-bond donors (Lipinski definition) is 0. The molecule has 1 saturated heterocycles. The van der Waals surface area contributed by atoms with Gasteiger partial charge in [0.25, 0.3) is 0 Å². The van der Waals surface area contributed by atoms with Crippen LogP contribution in [0.25, 0.3) is 0 Å². The topological polar surface area (TPSA) is 15.6 Å². The molecule has 0 aromatic carbocycles. The van der Waals surface area contributed by atoms with Crippen molar-refractivity contribution in [2.24, 2.45) is 4.99 Å². The van der Waals surface area contributed by atoms with E-state index >= 15 is 0 Å². The van der Waals surface area contributed by atoms with Crippen molar-refractivity contribution in [1.29, 1.82) is 0 Å². The van der Waals surface area contributed by atoms with Crippen LogP contribution < -0.4 is 0 Å². The second-order valence-corrected chi connectivity index (χ2v) is 2.87. The van der Waals surface area contributed by atoms with Crippen molar-refractivity contribution < 1.29 is 0 Å². The molecule has 0 spiro atoms. The fourth-order valence-electron chi connectivity index (χ4n) is 1.41. The maximum atomic E-state index is 4.23. The van der Waals surface area contributed by atoms with E-state index in [1.807, 2.05) is 7.05 Å². The maximum absolute atomic E-state index is 4.23. The third kappa shape index (κ3) is 1.72. The number of likely N-dealkylation sites (tertiary alicyclic amines) is 1. The molecule has 0 amide bonds. The van der Waals surface area contributed by atoms with Gasteiger partial charge in [0.15, 0.2) is 0 Å². The van der Waals surface area contributed by atoms with E-state index in [0.29, 0.717) is 0 Å². The van der Waals surface area contributed by atoms with Gasteiger partial charge in [0.1, 0.15) is 0 Å². The summed E-state index contributed by atoms with van der Waals surface area (Å²) in [6, 6.07) is 0. The van der Waals surface area contributed by atoms with Crippen LogP contribution in [-0.4, -0.2) is 31.4 Å². The van der Waals surface area contributed by atoms with E-state index in [-0.39, 0.29) is 0 Å². The molecule has 1 rings (SSSR count). The van der Waals surface area contributed by atoms with Gasteiger partial charge < -0.3 is 4.90 Å². The highest BCUT2D eigenvalue weighted by Crippen LogP contribution is 2.09. The monoisotopic (exact) mass is 140 g/mol. The Labute approximate surface area is 62.9 Å². The lowest BCUT2D eigenvalue weighted by molar-refractivity contribution is 0.494. The Hall–Kier alpha value is -0.530. The lowest BCUT2D eigenvalue weighted by atomic mass is 10.2. The molecule has 2 nitrogen and oxygen atoms in total. The van der Waals surface area contributed by atoms with Gasteiger partial charge in [-0.05, 0) is 12.8 Å². The van der Waals surface area contributed by atoms with E-state index in [1.54, 1.807) is 0 Å². The predicted octanol–water partition coefficient (Wildman–Crippen LogP) is 1.52. The summed E-state index contributed by atoms with van der Waals surface area (Å²) >= 11 is 0. The third-order valence-corrected chi connectivity index (χ3v) is 2.09. The first kappa shape index (κ1) is 7.58. The molecule has 1 heterocycles. The van der Waals surface area contributed by atoms with Crippen LogP contribution in [0, 0.1) is 0 Å². The number of aliphatic imine (C=N–C) groups is 1. The van der Waals surface area contributed by atoms with E-state index < -0.39 is 0 Å². The van der Waals surface area contributed by atoms with Gasteiger partial charge in [-0.15, -0.1) is 0 Å². The van der Waals surface area contributed by atoms with Gasteiger partial charge in [0.05, 0.1) is 5.84 Å². The summed E-state index contributed by atoms with van der Waals surface area (Å²) in [6.45, 7) is 1.19. The summed E-state index contributed by atoms with van der Waals surface area (Å²) in [5.74, 6) is 1.28. The Balaban J connectivity index is 2.52. The van der Waals surface area contributed by atoms with Crippen molar-refractivity contribution in [3.8, 4) is 0 Å². The molecule has 10 heavy (non-hydrogen) atoms. The third-order valence-electron chi connectivity index (χ3n) is 2.09. The molecule has 0 aromatic rings. The molecule has 0 aromatic heterocycles. The van der Waals surface area contributed by atoms with E-state index in [1.165, 1.54) is 38.1 Å². The van der Waals surface area contributed by atoms with Crippen molar-refractivity contribution in [2.45, 2.75) is 25.7 Å². The standard InChI is InChI=1S/C8H16N2/c1-9-8-6-4-3-5-7-10(8)2/h3-7H2,1-2H3/b9-8-. The molecule has 1 fully saturated rings. The molecule has 0 saturated carbocycles. The highest BCUT2D eigenvalue weighted by atomic mass is 15.2. The van der Waals surface area contributed by atoms with Crippen LogP contribution >= 0.6 is 0 Å². The van der Waals surface area contributed by atoms with Gasteiger partial charge in [-0.2, -0.15) is 0 Å². The van der Waals surface area contributed by atoms with Crippen LogP contribution in [-0.2, 0) is 0 Å². The zero-order valence-electron chi connectivity index (χ0n) is 6.93. The second kappa shape index (κ2) is 3.59. The van der Waals surface area contributed by atoms with Gasteiger partial charge in [-0.25, -0.2) is 0 Å². The highest BCUT2D eigenvalue weighted by molar-refractivity contribution is 5.82. The molecule has 1 aliphatic heterocycles. The Kier molecular flexibility index (Phi) is 2.72. The van der Waals surface area contributed by atoms with Crippen molar-refractivity contribution in [3.05, 3.63) is 0 Å². The molecular weight excluding hydrogens is 124 g/mol. The molecule has 0 aliphatic carbocycles. The van der Waals surface area contributed by atoms with Crippen LogP contribution in [0.5, 0.6) is 0 Å². The van der Waals surface area contributed by atoms with Crippen molar-refractivity contribution >= 4 is 5.84 Å². The minimum Gasteiger partial charge on any atom is -0.363 e. The lowest BCUT2D eigenvalue weighted by Gasteiger charge is -2.16. The zero-order chi connectivity index (χ0) is 7.40. The molecule has 0 unspecified atom stereocenters. The van der Waals surface area contributed by atoms with Gasteiger partial charge in [-0.1, -0.05) is 6.42 Å². The van der Waals surface area contributed by atoms with E-state index in [2.05, 4.69) is 16.9 Å². The van der Waals surface area contributed by atoms with E-state index in [4.69, 9.17) is 0 Å². The molecular formula is C8H16N2. The highest BCUT2D eigenvalue weighted by Gasteiger charge is 2.08. The first-order valence-electron chi connectivity index (χ1n) is 4.01. The molecule has 0 radical (unpaired) electrons. The first-order chi connectivity index (χ1) is 4.84. The summed E-state index contributed by atoms with van der Waals surface area (Å²) in [5.41, 5.74) is 0. The van der Waals surface area contributed by atoms with Gasteiger partial charge in [0.2, 0.25) is 0 Å². The van der Waals surface area contributed by atoms with Gasteiger partial charge >= 0.3 is 0 Å². The van der Waals surface area contributed by atoms with Gasteiger partial charge in [-0.3, -0.25) is 4.99 Å². The van der Waals surface area contributed by atoms with Crippen molar-refractivity contribution in [2.75, 3.05) is 20.6 Å². The lowest BCUT2D eigenvalue weighted by Crippen LogP contribution is -2.25. The quantitative estimate of drug-likeness (QED) is 0.498. The van der Waals surface area contributed by atoms with Crippen molar-refractivity contribution in [3.63, 3.8) is 0 Å². The fourth-order valence-corrected chi connectivity index (χ4v) is 1.41.